The lowest BCUT2D eigenvalue weighted by Crippen LogP contribution is -2.05. The monoisotopic (exact) mass is 206 g/mol. The quantitative estimate of drug-likeness (QED) is 0.404. The molecule has 0 aliphatic heterocycles. The first-order valence-corrected chi connectivity index (χ1v) is 5.31. The molecule has 0 aromatic carbocycles. The highest BCUT2D eigenvalue weighted by Gasteiger charge is 2.15. The van der Waals surface area contributed by atoms with Crippen molar-refractivity contribution in [3.8, 4) is 0 Å². The van der Waals surface area contributed by atoms with Gasteiger partial charge in [-0.25, -0.2) is 0 Å². The molecule has 0 aromatic rings. The second-order valence-electron chi connectivity index (χ2n) is 3.75. The summed E-state index contributed by atoms with van der Waals surface area (Å²) in [5.41, 5.74) is 0. The summed E-state index contributed by atoms with van der Waals surface area (Å²) in [6, 6.07) is 0. The molecule has 2 atom stereocenters. The van der Waals surface area contributed by atoms with Gasteiger partial charge in [-0.05, 0) is 38.1 Å². The fourth-order valence-electron chi connectivity index (χ4n) is 1.56. The normalized spacial score (nSPS) is 28.6. The van der Waals surface area contributed by atoms with Crippen molar-refractivity contribution >= 4 is 12.9 Å². The lowest BCUT2D eigenvalue weighted by molar-refractivity contribution is 0.223. The highest BCUT2D eigenvalue weighted by atomic mass is 32.1. The van der Waals surface area contributed by atoms with Crippen LogP contribution in [-0.2, 0) is 8.92 Å². The first kappa shape index (κ1) is 13.3. The topological polar surface area (TPSA) is 18.5 Å². The Morgan fingerprint density at radius 1 is 1.08 bits per heavy atom. The zero-order valence-electron chi connectivity index (χ0n) is 8.95. The van der Waals surface area contributed by atoms with Crippen LogP contribution in [0.25, 0.3) is 0 Å². The zero-order valence-corrected chi connectivity index (χ0v) is 9.85. The molecule has 0 heterocycles. The van der Waals surface area contributed by atoms with Crippen LogP contribution in [0.1, 0.15) is 39.0 Å². The van der Waals surface area contributed by atoms with E-state index in [0.717, 1.165) is 5.92 Å². The summed E-state index contributed by atoms with van der Waals surface area (Å²) in [5.74, 6) is 0.897. The summed E-state index contributed by atoms with van der Waals surface area (Å²) in [4.78, 5) is 0. The SMILES string of the molecule is CC1CCCC(OS)CC1.COC. The van der Waals surface area contributed by atoms with Crippen molar-refractivity contribution in [3.63, 3.8) is 0 Å². The molecule has 1 aliphatic rings. The summed E-state index contributed by atoms with van der Waals surface area (Å²) >= 11 is 3.84. The van der Waals surface area contributed by atoms with E-state index >= 15 is 0 Å². The van der Waals surface area contributed by atoms with Crippen LogP contribution in [-0.4, -0.2) is 20.3 Å². The van der Waals surface area contributed by atoms with Crippen molar-refractivity contribution in [1.29, 1.82) is 0 Å². The van der Waals surface area contributed by atoms with Crippen molar-refractivity contribution in [2.75, 3.05) is 14.2 Å². The second-order valence-corrected chi connectivity index (χ2v) is 3.96. The van der Waals surface area contributed by atoms with E-state index in [4.69, 9.17) is 4.18 Å². The third-order valence-electron chi connectivity index (χ3n) is 2.35. The predicted octanol–water partition coefficient (Wildman–Crippen LogP) is 3.08. The van der Waals surface area contributed by atoms with Crippen LogP contribution >= 0.6 is 12.9 Å². The Bertz CT molecular complexity index is 109. The average molecular weight is 206 g/mol. The highest BCUT2D eigenvalue weighted by molar-refractivity contribution is 7.75. The van der Waals surface area contributed by atoms with E-state index in [1.165, 1.54) is 32.1 Å². The van der Waals surface area contributed by atoms with E-state index in [1.807, 2.05) is 0 Å². The van der Waals surface area contributed by atoms with E-state index in [2.05, 4.69) is 24.6 Å². The van der Waals surface area contributed by atoms with Crippen molar-refractivity contribution in [2.45, 2.75) is 45.1 Å². The van der Waals surface area contributed by atoms with Gasteiger partial charge in [0.25, 0.3) is 0 Å². The van der Waals surface area contributed by atoms with Gasteiger partial charge < -0.3 is 8.92 Å². The fourth-order valence-corrected chi connectivity index (χ4v) is 1.77. The minimum Gasteiger partial charge on any atom is -0.388 e. The molecule has 2 nitrogen and oxygen atoms in total. The van der Waals surface area contributed by atoms with Crippen LogP contribution in [0, 0.1) is 5.92 Å². The standard InChI is InChI=1S/C8H16OS.C2H6O/c1-7-3-2-4-8(9-10)6-5-7;1-3-2/h7-8,10H,2-6H2,1H3;1-2H3. The van der Waals surface area contributed by atoms with Gasteiger partial charge in [-0.15, -0.1) is 0 Å². The Labute approximate surface area is 87.6 Å². The Balaban J connectivity index is 0.000000424. The van der Waals surface area contributed by atoms with Gasteiger partial charge in [0.15, 0.2) is 0 Å². The van der Waals surface area contributed by atoms with Crippen molar-refractivity contribution < 1.29 is 8.92 Å². The van der Waals surface area contributed by atoms with E-state index in [0.29, 0.717) is 6.10 Å². The number of hydrogen-bond acceptors (Lipinski definition) is 3. The maximum absolute atomic E-state index is 5.01. The van der Waals surface area contributed by atoms with Gasteiger partial charge in [-0.1, -0.05) is 19.8 Å². The molecule has 0 N–H and O–H groups in total. The van der Waals surface area contributed by atoms with Crippen LogP contribution in [0.5, 0.6) is 0 Å². The van der Waals surface area contributed by atoms with E-state index in [-0.39, 0.29) is 0 Å². The summed E-state index contributed by atoms with van der Waals surface area (Å²) < 4.78 is 9.26. The molecule has 1 aliphatic carbocycles. The summed E-state index contributed by atoms with van der Waals surface area (Å²) in [6.45, 7) is 2.32. The predicted molar refractivity (Wildman–Crippen MR) is 59.0 cm³/mol. The molecule has 3 heteroatoms. The molecule has 1 fully saturated rings. The average Bonchev–Trinajstić information content (AvgIpc) is 2.31. The molecule has 13 heavy (non-hydrogen) atoms. The minimum absolute atomic E-state index is 0.424. The van der Waals surface area contributed by atoms with E-state index < -0.39 is 0 Å². The van der Waals surface area contributed by atoms with Gasteiger partial charge in [0.2, 0.25) is 0 Å². The largest absolute Gasteiger partial charge is 0.388 e. The Hall–Kier alpha value is 0.270. The molecule has 0 saturated heterocycles. The molecular weight excluding hydrogens is 184 g/mol. The molecule has 1 saturated carbocycles. The second kappa shape index (κ2) is 8.85. The Morgan fingerprint density at radius 3 is 2.23 bits per heavy atom. The number of thiol groups is 1. The van der Waals surface area contributed by atoms with Gasteiger partial charge in [-0.3, -0.25) is 0 Å². The summed E-state index contributed by atoms with van der Waals surface area (Å²) in [5, 5.41) is 0. The first-order valence-electron chi connectivity index (χ1n) is 4.95. The molecule has 0 aromatic heterocycles. The van der Waals surface area contributed by atoms with Crippen molar-refractivity contribution in [1.82, 2.24) is 0 Å². The van der Waals surface area contributed by atoms with Gasteiger partial charge in [-0.2, -0.15) is 0 Å². The molecule has 2 unspecified atom stereocenters. The summed E-state index contributed by atoms with van der Waals surface area (Å²) in [6.07, 6.45) is 6.82. The van der Waals surface area contributed by atoms with Crippen LogP contribution < -0.4 is 0 Å². The number of ether oxygens (including phenoxy) is 1. The van der Waals surface area contributed by atoms with Gasteiger partial charge >= 0.3 is 0 Å². The zero-order chi connectivity index (χ0) is 10.1. The smallest absolute Gasteiger partial charge is 0.0719 e. The molecule has 1 rings (SSSR count). The minimum atomic E-state index is 0.424. The third kappa shape index (κ3) is 7.35. The lowest BCUT2D eigenvalue weighted by atomic mass is 10.0. The maximum atomic E-state index is 5.01. The van der Waals surface area contributed by atoms with Gasteiger partial charge in [0.05, 0.1) is 6.10 Å². The Kier molecular flexibility index (Phi) is 9.03. The molecule has 80 valence electrons. The van der Waals surface area contributed by atoms with Crippen LogP contribution in [0.4, 0.5) is 0 Å². The van der Waals surface area contributed by atoms with Crippen molar-refractivity contribution in [2.24, 2.45) is 5.92 Å². The molecule has 0 amide bonds. The number of hydrogen-bond donors (Lipinski definition) is 1. The lowest BCUT2D eigenvalue weighted by Gasteiger charge is -2.09. The van der Waals surface area contributed by atoms with Crippen LogP contribution in [0.3, 0.4) is 0 Å². The Morgan fingerprint density at radius 2 is 1.69 bits per heavy atom. The summed E-state index contributed by atoms with van der Waals surface area (Å²) in [7, 11) is 3.25. The molecular formula is C10H22O2S. The molecule has 0 radical (unpaired) electrons. The first-order chi connectivity index (χ1) is 6.24. The number of rotatable bonds is 1. The third-order valence-corrected chi connectivity index (χ3v) is 2.65. The van der Waals surface area contributed by atoms with Crippen molar-refractivity contribution in [3.05, 3.63) is 0 Å². The fraction of sp³-hybridized carbons (Fsp3) is 1.00. The van der Waals surface area contributed by atoms with E-state index in [1.54, 1.807) is 14.2 Å². The molecule has 0 spiro atoms. The van der Waals surface area contributed by atoms with E-state index in [9.17, 15) is 0 Å². The molecule has 0 bridgehead atoms. The van der Waals surface area contributed by atoms with Crippen LogP contribution in [0.15, 0.2) is 0 Å². The highest BCUT2D eigenvalue weighted by Crippen LogP contribution is 2.24. The maximum Gasteiger partial charge on any atom is 0.0719 e. The number of methoxy groups -OCH3 is 1. The van der Waals surface area contributed by atoms with Crippen LogP contribution in [0.2, 0.25) is 0 Å². The van der Waals surface area contributed by atoms with Gasteiger partial charge in [0.1, 0.15) is 0 Å². The van der Waals surface area contributed by atoms with Gasteiger partial charge in [0, 0.05) is 14.2 Å².